The molecule has 1 aromatic heterocycles. The molecule has 0 aliphatic rings. The number of carboxylic acids is 1. The molecule has 1 N–H and O–H groups in total. The van der Waals surface area contributed by atoms with Crippen molar-refractivity contribution in [1.29, 1.82) is 0 Å². The van der Waals surface area contributed by atoms with Crippen LogP contribution in [0.4, 0.5) is 0 Å². The van der Waals surface area contributed by atoms with E-state index in [0.29, 0.717) is 4.68 Å². The Morgan fingerprint density at radius 1 is 2.11 bits per heavy atom. The van der Waals surface area contributed by atoms with Gasteiger partial charge in [0.1, 0.15) is 0 Å². The van der Waals surface area contributed by atoms with Gasteiger partial charge in [0.2, 0.25) is 0 Å². The predicted octanol–water partition coefficient (Wildman–Crippen LogP) is 0.118. The summed E-state index contributed by atoms with van der Waals surface area (Å²) in [5.41, 5.74) is -0.272. The van der Waals surface area contributed by atoms with Gasteiger partial charge in [-0.05, 0) is 6.07 Å². The van der Waals surface area contributed by atoms with Crippen LogP contribution < -0.4 is 0 Å². The largest absolute Gasteiger partial charge is 0.476 e. The zero-order valence-corrected chi connectivity index (χ0v) is 4.40. The highest BCUT2D eigenvalue weighted by Gasteiger charge is 2.03. The molecule has 0 aliphatic heterocycles. The lowest BCUT2D eigenvalue weighted by Crippen LogP contribution is -1.98. The van der Waals surface area contributed by atoms with Crippen LogP contribution in [-0.4, -0.2) is 20.9 Å². The first-order valence-electron chi connectivity index (χ1n) is 3.71. The van der Waals surface area contributed by atoms with E-state index in [1.165, 1.54) is 0 Å². The molecule has 48 valence electrons. The summed E-state index contributed by atoms with van der Waals surface area (Å²) >= 11 is 0. The molecule has 0 aromatic carbocycles. The van der Waals surface area contributed by atoms with E-state index in [4.69, 9.17) is 9.22 Å². The standard InChI is InChI=1S/C5H6N2O2/c1-7-3-2-4(6-7)5(8)9/h2-3H,1H3,(H,8,9)/i1D3. The van der Waals surface area contributed by atoms with Gasteiger partial charge in [-0.2, -0.15) is 5.10 Å². The summed E-state index contributed by atoms with van der Waals surface area (Å²) in [5.74, 6) is -1.24. The Labute approximate surface area is 55.9 Å². The number of carboxylic acid groups (broad SMARTS) is 1. The van der Waals surface area contributed by atoms with Crippen LogP contribution in [0, 0.1) is 0 Å². The monoisotopic (exact) mass is 129 g/mol. The van der Waals surface area contributed by atoms with Crippen molar-refractivity contribution in [3.8, 4) is 0 Å². The SMILES string of the molecule is [2H]C([2H])([2H])n1ccc(C(=O)O)n1. The molecule has 0 amide bonds. The van der Waals surface area contributed by atoms with Gasteiger partial charge in [-0.15, -0.1) is 0 Å². The molecule has 4 nitrogen and oxygen atoms in total. The second-order valence-corrected chi connectivity index (χ2v) is 1.45. The number of aromatic carboxylic acids is 1. The van der Waals surface area contributed by atoms with Crippen molar-refractivity contribution < 1.29 is 14.0 Å². The molecule has 0 bridgehead atoms. The van der Waals surface area contributed by atoms with Gasteiger partial charge in [0.15, 0.2) is 5.69 Å². The maximum atomic E-state index is 10.3. The number of carbonyl (C=O) groups is 1. The Morgan fingerprint density at radius 2 is 2.89 bits per heavy atom. The molecule has 0 aliphatic carbocycles. The lowest BCUT2D eigenvalue weighted by molar-refractivity contribution is 0.0689. The number of rotatable bonds is 1. The molecule has 0 atom stereocenters. The quantitative estimate of drug-likeness (QED) is 0.585. The van der Waals surface area contributed by atoms with Gasteiger partial charge in [0.25, 0.3) is 0 Å². The normalized spacial score (nSPS) is 15.8. The van der Waals surface area contributed by atoms with Crippen molar-refractivity contribution in [3.05, 3.63) is 18.0 Å². The van der Waals surface area contributed by atoms with E-state index in [1.54, 1.807) is 0 Å². The van der Waals surface area contributed by atoms with Gasteiger partial charge in [-0.25, -0.2) is 4.79 Å². The Balaban J connectivity index is 3.00. The molecule has 1 heterocycles. The minimum atomic E-state index is -2.41. The van der Waals surface area contributed by atoms with E-state index in [9.17, 15) is 4.79 Å². The summed E-state index contributed by atoms with van der Waals surface area (Å²) in [6, 6.07) is 1.13. The zero-order valence-electron chi connectivity index (χ0n) is 7.40. The minimum Gasteiger partial charge on any atom is -0.476 e. The highest BCUT2D eigenvalue weighted by atomic mass is 16.4. The van der Waals surface area contributed by atoms with E-state index in [0.717, 1.165) is 12.3 Å². The third-order valence-corrected chi connectivity index (χ3v) is 0.808. The maximum Gasteiger partial charge on any atom is 0.356 e. The van der Waals surface area contributed by atoms with Crippen molar-refractivity contribution in [2.45, 2.75) is 0 Å². The average Bonchev–Trinajstić information content (AvgIpc) is 2.30. The van der Waals surface area contributed by atoms with Crippen LogP contribution in [0.1, 0.15) is 14.6 Å². The van der Waals surface area contributed by atoms with Gasteiger partial charge in [0, 0.05) is 17.3 Å². The summed E-state index contributed by atoms with van der Waals surface area (Å²) in [5, 5.41) is 11.7. The van der Waals surface area contributed by atoms with Gasteiger partial charge < -0.3 is 5.11 Å². The van der Waals surface area contributed by atoms with E-state index < -0.39 is 12.9 Å². The summed E-state index contributed by atoms with van der Waals surface area (Å²) in [4.78, 5) is 10.3. The van der Waals surface area contributed by atoms with Crippen LogP contribution in [0.3, 0.4) is 0 Å². The molecule has 0 spiro atoms. The molecule has 1 rings (SSSR count). The van der Waals surface area contributed by atoms with Crippen LogP contribution in [0.25, 0.3) is 0 Å². The predicted molar refractivity (Wildman–Crippen MR) is 30.2 cm³/mol. The number of nitrogens with zero attached hydrogens (tertiary/aromatic N) is 2. The van der Waals surface area contributed by atoms with Crippen LogP contribution >= 0.6 is 0 Å². The molecule has 4 heteroatoms. The molecular formula is C5H6N2O2. The lowest BCUT2D eigenvalue weighted by Gasteiger charge is -1.83. The minimum absolute atomic E-state index is 0.272. The first kappa shape index (κ1) is 3.00. The Bertz CT molecular complexity index is 304. The van der Waals surface area contributed by atoms with Crippen LogP contribution in [0.5, 0.6) is 0 Å². The number of hydrogen-bond donors (Lipinski definition) is 1. The zero-order chi connectivity index (χ0) is 9.35. The van der Waals surface area contributed by atoms with Crippen LogP contribution in [-0.2, 0) is 6.98 Å². The fourth-order valence-corrected chi connectivity index (χ4v) is 0.438. The van der Waals surface area contributed by atoms with Crippen molar-refractivity contribution in [1.82, 2.24) is 9.78 Å². The third-order valence-electron chi connectivity index (χ3n) is 0.808. The smallest absolute Gasteiger partial charge is 0.356 e. The van der Waals surface area contributed by atoms with E-state index in [1.807, 2.05) is 0 Å². The molecule has 0 saturated carbocycles. The highest BCUT2D eigenvalue weighted by molar-refractivity contribution is 5.84. The van der Waals surface area contributed by atoms with Crippen LogP contribution in [0.2, 0.25) is 0 Å². The molecule has 0 radical (unpaired) electrons. The van der Waals surface area contributed by atoms with E-state index in [2.05, 4.69) is 5.10 Å². The Morgan fingerprint density at radius 3 is 3.22 bits per heavy atom. The summed E-state index contributed by atoms with van der Waals surface area (Å²) in [6.45, 7) is -2.41. The summed E-state index contributed by atoms with van der Waals surface area (Å²) in [7, 11) is 0. The second kappa shape index (κ2) is 1.89. The topological polar surface area (TPSA) is 55.1 Å². The molecule has 0 saturated heterocycles. The molecule has 1 aromatic rings. The van der Waals surface area contributed by atoms with E-state index in [-0.39, 0.29) is 5.69 Å². The highest BCUT2D eigenvalue weighted by Crippen LogP contribution is 1.91. The molecular weight excluding hydrogens is 120 g/mol. The average molecular weight is 129 g/mol. The van der Waals surface area contributed by atoms with Crippen LogP contribution in [0.15, 0.2) is 12.3 Å². The Hall–Kier alpha value is -1.32. The summed E-state index contributed by atoms with van der Waals surface area (Å²) < 4.78 is 21.2. The van der Waals surface area contributed by atoms with Gasteiger partial charge >= 0.3 is 5.97 Å². The fourth-order valence-electron chi connectivity index (χ4n) is 0.438. The maximum absolute atomic E-state index is 10.3. The van der Waals surface area contributed by atoms with Crippen molar-refractivity contribution in [3.63, 3.8) is 0 Å². The molecule has 0 fully saturated rings. The first-order valence-corrected chi connectivity index (χ1v) is 2.21. The van der Waals surface area contributed by atoms with Gasteiger partial charge in [0.05, 0.1) is 0 Å². The first-order chi connectivity index (χ1) is 5.41. The fraction of sp³-hybridized carbons (Fsp3) is 0.200. The number of aryl methyl sites for hydroxylation is 1. The number of aromatic nitrogens is 2. The van der Waals surface area contributed by atoms with Gasteiger partial charge in [-0.3, -0.25) is 4.68 Å². The van der Waals surface area contributed by atoms with Crippen molar-refractivity contribution in [2.24, 2.45) is 6.98 Å². The Kier molecular flexibility index (Phi) is 0.631. The van der Waals surface area contributed by atoms with Gasteiger partial charge in [-0.1, -0.05) is 0 Å². The second-order valence-electron chi connectivity index (χ2n) is 1.45. The molecule has 9 heavy (non-hydrogen) atoms. The third kappa shape index (κ3) is 1.07. The van der Waals surface area contributed by atoms with Crippen molar-refractivity contribution in [2.75, 3.05) is 0 Å². The summed E-state index contributed by atoms with van der Waals surface area (Å²) in [6.07, 6.45) is 1.11. The van der Waals surface area contributed by atoms with Crippen molar-refractivity contribution >= 4 is 5.97 Å². The lowest BCUT2D eigenvalue weighted by atomic mass is 10.5. The number of hydrogen-bond acceptors (Lipinski definition) is 2. The van der Waals surface area contributed by atoms with E-state index >= 15 is 0 Å². The molecule has 0 unspecified atom stereocenters.